The highest BCUT2D eigenvalue weighted by atomic mass is 16.3. The largest absolute Gasteiger partial charge is 0.396 e. The summed E-state index contributed by atoms with van der Waals surface area (Å²) in [5.74, 6) is 0.195. The van der Waals surface area contributed by atoms with E-state index >= 15 is 0 Å². The minimum absolute atomic E-state index is 0.0188. The topological polar surface area (TPSA) is 66.6 Å². The first-order chi connectivity index (χ1) is 7.74. The molecular formula is C12H24N2O2. The molecule has 0 aromatic rings. The molecule has 0 spiro atoms. The fourth-order valence-electron chi connectivity index (χ4n) is 2.43. The smallest absolute Gasteiger partial charge is 0.227 e. The van der Waals surface area contributed by atoms with Crippen molar-refractivity contribution >= 4 is 5.91 Å². The summed E-state index contributed by atoms with van der Waals surface area (Å²) in [5.41, 5.74) is 5.61. The SMILES string of the molecule is CCC(CN)C(=O)N1CCCC1CCCO. The van der Waals surface area contributed by atoms with Crippen LogP contribution in [0.4, 0.5) is 0 Å². The summed E-state index contributed by atoms with van der Waals surface area (Å²) in [6.07, 6.45) is 4.69. The van der Waals surface area contributed by atoms with Crippen molar-refractivity contribution < 1.29 is 9.90 Å². The molecule has 1 fully saturated rings. The van der Waals surface area contributed by atoms with Gasteiger partial charge >= 0.3 is 0 Å². The van der Waals surface area contributed by atoms with Gasteiger partial charge in [-0.25, -0.2) is 0 Å². The van der Waals surface area contributed by atoms with Gasteiger partial charge < -0.3 is 15.7 Å². The number of hydrogen-bond donors (Lipinski definition) is 2. The predicted octanol–water partition coefficient (Wildman–Crippen LogP) is 0.735. The van der Waals surface area contributed by atoms with Crippen LogP contribution in [0.2, 0.25) is 0 Å². The van der Waals surface area contributed by atoms with E-state index in [1.54, 1.807) is 0 Å². The Hall–Kier alpha value is -0.610. The third kappa shape index (κ3) is 3.19. The van der Waals surface area contributed by atoms with Crippen molar-refractivity contribution in [3.05, 3.63) is 0 Å². The normalized spacial score (nSPS) is 22.4. The standard InChI is InChI=1S/C12H24N2O2/c1-2-10(9-13)12(16)14-7-3-5-11(14)6-4-8-15/h10-11,15H,2-9,13H2,1H3. The highest BCUT2D eigenvalue weighted by Crippen LogP contribution is 2.23. The van der Waals surface area contributed by atoms with Gasteiger partial charge in [0.1, 0.15) is 0 Å². The number of nitrogens with two attached hydrogens (primary N) is 1. The van der Waals surface area contributed by atoms with E-state index in [1.165, 1.54) is 0 Å². The maximum absolute atomic E-state index is 12.2. The maximum Gasteiger partial charge on any atom is 0.227 e. The van der Waals surface area contributed by atoms with E-state index in [-0.39, 0.29) is 18.4 Å². The van der Waals surface area contributed by atoms with E-state index in [4.69, 9.17) is 10.8 Å². The summed E-state index contributed by atoms with van der Waals surface area (Å²) < 4.78 is 0. The molecule has 0 aromatic carbocycles. The third-order valence-electron chi connectivity index (χ3n) is 3.48. The average Bonchev–Trinajstić information content (AvgIpc) is 2.75. The summed E-state index contributed by atoms with van der Waals surface area (Å²) in [6.45, 7) is 3.53. The van der Waals surface area contributed by atoms with E-state index in [0.29, 0.717) is 12.6 Å². The molecule has 0 aromatic heterocycles. The Morgan fingerprint density at radius 1 is 1.62 bits per heavy atom. The molecule has 4 nitrogen and oxygen atoms in total. The molecule has 1 rings (SSSR count). The first kappa shape index (κ1) is 13.5. The summed E-state index contributed by atoms with van der Waals surface area (Å²) in [4.78, 5) is 14.1. The van der Waals surface area contributed by atoms with E-state index in [0.717, 1.165) is 38.6 Å². The number of aliphatic hydroxyl groups excluding tert-OH is 1. The first-order valence-electron chi connectivity index (χ1n) is 6.36. The number of carbonyl (C=O) groups is 1. The lowest BCUT2D eigenvalue weighted by Gasteiger charge is -2.28. The third-order valence-corrected chi connectivity index (χ3v) is 3.48. The Morgan fingerprint density at radius 3 is 2.94 bits per heavy atom. The highest BCUT2D eigenvalue weighted by Gasteiger charge is 2.31. The molecule has 94 valence electrons. The maximum atomic E-state index is 12.2. The van der Waals surface area contributed by atoms with Crippen LogP contribution in [0.1, 0.15) is 39.0 Å². The predicted molar refractivity (Wildman–Crippen MR) is 63.9 cm³/mol. The molecule has 2 atom stereocenters. The van der Waals surface area contributed by atoms with Gasteiger partial charge in [0, 0.05) is 25.7 Å². The Labute approximate surface area is 97.8 Å². The zero-order valence-electron chi connectivity index (χ0n) is 10.2. The number of aliphatic hydroxyl groups is 1. The van der Waals surface area contributed by atoms with Crippen LogP contribution in [-0.2, 0) is 4.79 Å². The lowest BCUT2D eigenvalue weighted by atomic mass is 10.0. The zero-order valence-corrected chi connectivity index (χ0v) is 10.2. The molecule has 0 radical (unpaired) electrons. The quantitative estimate of drug-likeness (QED) is 0.704. The molecule has 0 saturated carbocycles. The van der Waals surface area contributed by atoms with Gasteiger partial charge in [-0.05, 0) is 32.1 Å². The summed E-state index contributed by atoms with van der Waals surface area (Å²) >= 11 is 0. The number of amides is 1. The second kappa shape index (κ2) is 6.86. The molecule has 0 aliphatic carbocycles. The molecule has 3 N–H and O–H groups in total. The first-order valence-corrected chi connectivity index (χ1v) is 6.36. The van der Waals surface area contributed by atoms with Crippen molar-refractivity contribution in [3.63, 3.8) is 0 Å². The Balaban J connectivity index is 2.52. The summed E-state index contributed by atoms with van der Waals surface area (Å²) in [7, 11) is 0. The van der Waals surface area contributed by atoms with Gasteiger partial charge in [0.15, 0.2) is 0 Å². The fourth-order valence-corrected chi connectivity index (χ4v) is 2.43. The average molecular weight is 228 g/mol. The summed E-state index contributed by atoms with van der Waals surface area (Å²) in [6, 6.07) is 0.334. The lowest BCUT2D eigenvalue weighted by Crippen LogP contribution is -2.41. The van der Waals surface area contributed by atoms with Crippen molar-refractivity contribution in [1.29, 1.82) is 0 Å². The molecule has 0 bridgehead atoms. The molecular weight excluding hydrogens is 204 g/mol. The van der Waals surface area contributed by atoms with Crippen LogP contribution in [-0.4, -0.2) is 41.7 Å². The van der Waals surface area contributed by atoms with Gasteiger partial charge in [0.05, 0.1) is 5.92 Å². The molecule has 1 aliphatic heterocycles. The van der Waals surface area contributed by atoms with E-state index in [9.17, 15) is 4.79 Å². The van der Waals surface area contributed by atoms with Crippen molar-refractivity contribution in [2.45, 2.75) is 45.1 Å². The second-order valence-electron chi connectivity index (χ2n) is 4.53. The zero-order chi connectivity index (χ0) is 12.0. The Bertz CT molecular complexity index is 217. The van der Waals surface area contributed by atoms with Crippen molar-refractivity contribution in [2.24, 2.45) is 11.7 Å². The monoisotopic (exact) mass is 228 g/mol. The Morgan fingerprint density at radius 2 is 2.38 bits per heavy atom. The van der Waals surface area contributed by atoms with Gasteiger partial charge in [-0.1, -0.05) is 6.92 Å². The van der Waals surface area contributed by atoms with Crippen molar-refractivity contribution in [2.75, 3.05) is 19.7 Å². The summed E-state index contributed by atoms with van der Waals surface area (Å²) in [5, 5.41) is 8.83. The van der Waals surface area contributed by atoms with Crippen LogP contribution in [0.25, 0.3) is 0 Å². The van der Waals surface area contributed by atoms with Gasteiger partial charge in [-0.15, -0.1) is 0 Å². The molecule has 1 amide bonds. The van der Waals surface area contributed by atoms with Crippen LogP contribution in [0.3, 0.4) is 0 Å². The van der Waals surface area contributed by atoms with Gasteiger partial charge in [-0.3, -0.25) is 4.79 Å². The Kier molecular flexibility index (Phi) is 5.77. The number of nitrogens with zero attached hydrogens (tertiary/aromatic N) is 1. The van der Waals surface area contributed by atoms with Crippen LogP contribution in [0, 0.1) is 5.92 Å². The number of rotatable bonds is 6. The van der Waals surface area contributed by atoms with Gasteiger partial charge in [-0.2, -0.15) is 0 Å². The molecule has 1 aliphatic rings. The lowest BCUT2D eigenvalue weighted by molar-refractivity contribution is -0.136. The number of likely N-dealkylation sites (tertiary alicyclic amines) is 1. The van der Waals surface area contributed by atoms with Crippen molar-refractivity contribution in [3.8, 4) is 0 Å². The fraction of sp³-hybridized carbons (Fsp3) is 0.917. The van der Waals surface area contributed by atoms with Crippen LogP contribution in [0.15, 0.2) is 0 Å². The van der Waals surface area contributed by atoms with E-state index in [1.807, 2.05) is 11.8 Å². The minimum atomic E-state index is -0.0188. The molecule has 2 unspecified atom stereocenters. The van der Waals surface area contributed by atoms with Gasteiger partial charge in [0.2, 0.25) is 5.91 Å². The van der Waals surface area contributed by atoms with Gasteiger partial charge in [0.25, 0.3) is 0 Å². The van der Waals surface area contributed by atoms with Crippen LogP contribution >= 0.6 is 0 Å². The van der Waals surface area contributed by atoms with E-state index < -0.39 is 0 Å². The molecule has 1 saturated heterocycles. The second-order valence-corrected chi connectivity index (χ2v) is 4.53. The minimum Gasteiger partial charge on any atom is -0.396 e. The molecule has 16 heavy (non-hydrogen) atoms. The number of hydrogen-bond acceptors (Lipinski definition) is 3. The molecule has 4 heteroatoms. The van der Waals surface area contributed by atoms with E-state index in [2.05, 4.69) is 0 Å². The molecule has 1 heterocycles. The number of carbonyl (C=O) groups excluding carboxylic acids is 1. The highest BCUT2D eigenvalue weighted by molar-refractivity contribution is 5.79. The van der Waals surface area contributed by atoms with Crippen LogP contribution < -0.4 is 5.73 Å². The van der Waals surface area contributed by atoms with Crippen molar-refractivity contribution in [1.82, 2.24) is 4.90 Å². The van der Waals surface area contributed by atoms with Crippen LogP contribution in [0.5, 0.6) is 0 Å².